The molecule has 0 spiro atoms. The van der Waals surface area contributed by atoms with E-state index >= 15 is 0 Å². The first kappa shape index (κ1) is 11.2. The standard InChI is InChI=1S/C12H18O2/c13-9-8-12(10-14)7-6-11-4-2-1-3-5-11/h1-5,12-14H,6-10H2/t12-/m0/s1. The summed E-state index contributed by atoms with van der Waals surface area (Å²) in [7, 11) is 0. The molecule has 1 aromatic rings. The van der Waals surface area contributed by atoms with Crippen molar-refractivity contribution in [3.8, 4) is 0 Å². The van der Waals surface area contributed by atoms with Gasteiger partial charge in [-0.15, -0.1) is 0 Å². The van der Waals surface area contributed by atoms with E-state index in [4.69, 9.17) is 10.2 Å². The van der Waals surface area contributed by atoms with Crippen molar-refractivity contribution in [2.75, 3.05) is 13.2 Å². The van der Waals surface area contributed by atoms with Crippen LogP contribution in [0, 0.1) is 5.92 Å². The highest BCUT2D eigenvalue weighted by molar-refractivity contribution is 5.14. The number of aliphatic hydroxyl groups is 2. The van der Waals surface area contributed by atoms with Gasteiger partial charge in [-0.25, -0.2) is 0 Å². The van der Waals surface area contributed by atoms with E-state index in [1.807, 2.05) is 18.2 Å². The second-order valence-electron chi connectivity index (χ2n) is 3.59. The van der Waals surface area contributed by atoms with Gasteiger partial charge in [0.05, 0.1) is 0 Å². The number of aryl methyl sites for hydroxylation is 1. The number of benzene rings is 1. The first-order chi connectivity index (χ1) is 6.86. The van der Waals surface area contributed by atoms with Crippen molar-refractivity contribution >= 4 is 0 Å². The monoisotopic (exact) mass is 194 g/mol. The van der Waals surface area contributed by atoms with Crippen molar-refractivity contribution in [3.63, 3.8) is 0 Å². The van der Waals surface area contributed by atoms with Gasteiger partial charge >= 0.3 is 0 Å². The highest BCUT2D eigenvalue weighted by Crippen LogP contribution is 2.12. The molecule has 0 heterocycles. The van der Waals surface area contributed by atoms with Crippen molar-refractivity contribution in [2.45, 2.75) is 19.3 Å². The van der Waals surface area contributed by atoms with Crippen LogP contribution in [0.2, 0.25) is 0 Å². The Morgan fingerprint density at radius 1 is 1.00 bits per heavy atom. The molecule has 0 bridgehead atoms. The van der Waals surface area contributed by atoms with Gasteiger partial charge < -0.3 is 10.2 Å². The molecule has 2 nitrogen and oxygen atoms in total. The van der Waals surface area contributed by atoms with Crippen molar-refractivity contribution in [3.05, 3.63) is 35.9 Å². The minimum absolute atomic E-state index is 0.167. The second-order valence-corrected chi connectivity index (χ2v) is 3.59. The van der Waals surface area contributed by atoms with Crippen LogP contribution in [0.25, 0.3) is 0 Å². The van der Waals surface area contributed by atoms with Crippen molar-refractivity contribution in [1.29, 1.82) is 0 Å². The lowest BCUT2D eigenvalue weighted by Crippen LogP contribution is -2.09. The summed E-state index contributed by atoms with van der Waals surface area (Å²) in [6, 6.07) is 10.2. The maximum absolute atomic E-state index is 9.02. The van der Waals surface area contributed by atoms with Gasteiger partial charge in [0.1, 0.15) is 0 Å². The molecule has 0 radical (unpaired) electrons. The summed E-state index contributed by atoms with van der Waals surface area (Å²) in [4.78, 5) is 0. The van der Waals surface area contributed by atoms with Crippen molar-refractivity contribution in [1.82, 2.24) is 0 Å². The molecule has 0 aromatic heterocycles. The fourth-order valence-corrected chi connectivity index (χ4v) is 1.52. The quantitative estimate of drug-likeness (QED) is 0.722. The van der Waals surface area contributed by atoms with Gasteiger partial charge in [0.15, 0.2) is 0 Å². The van der Waals surface area contributed by atoms with Crippen LogP contribution in [0.4, 0.5) is 0 Å². The van der Waals surface area contributed by atoms with E-state index in [0.717, 1.165) is 12.8 Å². The Hall–Kier alpha value is -0.860. The van der Waals surface area contributed by atoms with Crippen molar-refractivity contribution < 1.29 is 10.2 Å². The SMILES string of the molecule is OCC[C@@H](CO)CCc1ccccc1. The van der Waals surface area contributed by atoms with E-state index in [0.29, 0.717) is 6.42 Å². The first-order valence-electron chi connectivity index (χ1n) is 5.12. The Labute approximate surface area is 85.2 Å². The zero-order valence-corrected chi connectivity index (χ0v) is 8.39. The molecular formula is C12H18O2. The van der Waals surface area contributed by atoms with Gasteiger partial charge in [0.25, 0.3) is 0 Å². The maximum atomic E-state index is 9.02. The highest BCUT2D eigenvalue weighted by atomic mass is 16.3. The largest absolute Gasteiger partial charge is 0.396 e. The minimum atomic E-state index is 0.167. The molecule has 0 unspecified atom stereocenters. The minimum Gasteiger partial charge on any atom is -0.396 e. The zero-order valence-electron chi connectivity index (χ0n) is 8.39. The Kier molecular flexibility index (Phi) is 5.27. The fraction of sp³-hybridized carbons (Fsp3) is 0.500. The van der Waals surface area contributed by atoms with Crippen LogP contribution < -0.4 is 0 Å². The van der Waals surface area contributed by atoms with E-state index in [-0.39, 0.29) is 19.1 Å². The van der Waals surface area contributed by atoms with Gasteiger partial charge in [-0.3, -0.25) is 0 Å². The van der Waals surface area contributed by atoms with E-state index < -0.39 is 0 Å². The predicted octanol–water partition coefficient (Wildman–Crippen LogP) is 1.61. The third-order valence-corrected chi connectivity index (χ3v) is 2.48. The molecule has 1 rings (SSSR count). The number of hydrogen-bond acceptors (Lipinski definition) is 2. The third-order valence-electron chi connectivity index (χ3n) is 2.48. The highest BCUT2D eigenvalue weighted by Gasteiger charge is 2.06. The molecule has 0 saturated carbocycles. The van der Waals surface area contributed by atoms with Crippen LogP contribution in [-0.4, -0.2) is 23.4 Å². The maximum Gasteiger partial charge on any atom is 0.0460 e. The molecule has 0 aliphatic rings. The molecule has 0 aliphatic carbocycles. The molecule has 0 aliphatic heterocycles. The summed E-state index contributed by atoms with van der Waals surface area (Å²) in [5, 5.41) is 17.8. The van der Waals surface area contributed by atoms with Gasteiger partial charge in [0, 0.05) is 13.2 Å². The molecule has 0 saturated heterocycles. The normalized spacial score (nSPS) is 12.7. The molecule has 2 heteroatoms. The van der Waals surface area contributed by atoms with Gasteiger partial charge in [-0.05, 0) is 30.7 Å². The molecule has 2 N–H and O–H groups in total. The Morgan fingerprint density at radius 2 is 1.71 bits per heavy atom. The lowest BCUT2D eigenvalue weighted by Gasteiger charge is -2.11. The summed E-state index contributed by atoms with van der Waals surface area (Å²) in [6.45, 7) is 0.341. The number of rotatable bonds is 6. The van der Waals surface area contributed by atoms with Gasteiger partial charge in [0.2, 0.25) is 0 Å². The summed E-state index contributed by atoms with van der Waals surface area (Å²) < 4.78 is 0. The topological polar surface area (TPSA) is 40.5 Å². The molecule has 14 heavy (non-hydrogen) atoms. The van der Waals surface area contributed by atoms with Gasteiger partial charge in [-0.1, -0.05) is 30.3 Å². The smallest absolute Gasteiger partial charge is 0.0460 e. The Balaban J connectivity index is 2.32. The summed E-state index contributed by atoms with van der Waals surface area (Å²) in [6.07, 6.45) is 2.62. The second kappa shape index (κ2) is 6.57. The molecule has 0 fully saturated rings. The molecule has 1 aromatic carbocycles. The van der Waals surface area contributed by atoms with E-state index in [1.165, 1.54) is 5.56 Å². The number of aliphatic hydroxyl groups excluding tert-OH is 2. The average Bonchev–Trinajstić information content (AvgIpc) is 2.25. The van der Waals surface area contributed by atoms with Crippen LogP contribution in [0.5, 0.6) is 0 Å². The van der Waals surface area contributed by atoms with Crippen LogP contribution in [0.15, 0.2) is 30.3 Å². The van der Waals surface area contributed by atoms with Crippen LogP contribution >= 0.6 is 0 Å². The Bertz CT molecular complexity index is 233. The van der Waals surface area contributed by atoms with Gasteiger partial charge in [-0.2, -0.15) is 0 Å². The third kappa shape index (κ3) is 3.90. The number of hydrogen-bond donors (Lipinski definition) is 2. The van der Waals surface area contributed by atoms with Crippen LogP contribution in [0.3, 0.4) is 0 Å². The van der Waals surface area contributed by atoms with E-state index in [1.54, 1.807) is 0 Å². The summed E-state index contributed by atoms with van der Waals surface area (Å²) in [5.74, 6) is 0.236. The lowest BCUT2D eigenvalue weighted by atomic mass is 9.98. The molecule has 78 valence electrons. The van der Waals surface area contributed by atoms with Crippen LogP contribution in [0.1, 0.15) is 18.4 Å². The molecular weight excluding hydrogens is 176 g/mol. The predicted molar refractivity (Wildman–Crippen MR) is 57.0 cm³/mol. The fourth-order valence-electron chi connectivity index (χ4n) is 1.52. The summed E-state index contributed by atoms with van der Waals surface area (Å²) in [5.41, 5.74) is 1.30. The summed E-state index contributed by atoms with van der Waals surface area (Å²) >= 11 is 0. The van der Waals surface area contributed by atoms with E-state index in [2.05, 4.69) is 12.1 Å². The van der Waals surface area contributed by atoms with Crippen LogP contribution in [-0.2, 0) is 6.42 Å². The Morgan fingerprint density at radius 3 is 2.29 bits per heavy atom. The average molecular weight is 194 g/mol. The molecule has 1 atom stereocenters. The zero-order chi connectivity index (χ0) is 10.2. The van der Waals surface area contributed by atoms with Crippen molar-refractivity contribution in [2.24, 2.45) is 5.92 Å². The first-order valence-corrected chi connectivity index (χ1v) is 5.12. The van der Waals surface area contributed by atoms with E-state index in [9.17, 15) is 0 Å². The lowest BCUT2D eigenvalue weighted by molar-refractivity contribution is 0.177. The molecule has 0 amide bonds.